The minimum atomic E-state index is -4.67. The maximum absolute atomic E-state index is 14.1. The largest absolute Gasteiger partial charge is 0.555 e. The van der Waals surface area contributed by atoms with Gasteiger partial charge in [0.1, 0.15) is 29.5 Å². The number of nitrogens with zero attached hydrogens (tertiary/aromatic N) is 4. The summed E-state index contributed by atoms with van der Waals surface area (Å²) in [4.78, 5) is 85.3. The smallest absolute Gasteiger partial charge is 0.453 e. The quantitative estimate of drug-likeness (QED) is 0.0266. The molecular formula is C45H53N8O13P. The summed E-state index contributed by atoms with van der Waals surface area (Å²) < 4.78 is 36.6. The number of aliphatic hydroxyl groups excluding tert-OH is 1. The van der Waals surface area contributed by atoms with Crippen LogP contribution in [0.1, 0.15) is 68.8 Å². The summed E-state index contributed by atoms with van der Waals surface area (Å²) in [6, 6.07) is 20.2. The zero-order chi connectivity index (χ0) is 47.9. The van der Waals surface area contributed by atoms with Crippen LogP contribution in [0.25, 0.3) is 33.6 Å². The molecule has 4 amide bonds. The number of ether oxygens (including phenoxy) is 3. The molecule has 2 aliphatic heterocycles. The van der Waals surface area contributed by atoms with E-state index in [1.807, 2.05) is 48.5 Å². The minimum absolute atomic E-state index is 0.0397. The first kappa shape index (κ1) is 48.3. The van der Waals surface area contributed by atoms with Gasteiger partial charge in [-0.3, -0.25) is 14.5 Å². The maximum atomic E-state index is 14.1. The van der Waals surface area contributed by atoms with Crippen molar-refractivity contribution >= 4 is 31.8 Å². The summed E-state index contributed by atoms with van der Waals surface area (Å²) >= 11 is 0. The van der Waals surface area contributed by atoms with Gasteiger partial charge in [0.05, 0.1) is 43.0 Å². The number of phosphoric acid groups is 1. The van der Waals surface area contributed by atoms with Gasteiger partial charge in [-0.1, -0.05) is 60.7 Å². The van der Waals surface area contributed by atoms with Gasteiger partial charge in [0, 0.05) is 26.6 Å². The van der Waals surface area contributed by atoms with Crippen LogP contribution in [0.4, 0.5) is 9.59 Å². The lowest BCUT2D eigenvalue weighted by atomic mass is 9.97. The first-order valence-electron chi connectivity index (χ1n) is 21.4. The second-order valence-corrected chi connectivity index (χ2v) is 17.5. The fourth-order valence-corrected chi connectivity index (χ4v) is 8.98. The molecule has 6 atom stereocenters. The van der Waals surface area contributed by atoms with E-state index in [4.69, 9.17) is 29.6 Å². The molecule has 7 rings (SSSR count). The Morgan fingerprint density at radius 2 is 1.37 bits per heavy atom. The van der Waals surface area contributed by atoms with Crippen molar-refractivity contribution in [2.24, 2.45) is 5.73 Å². The monoisotopic (exact) mass is 944 g/mol. The molecule has 7 N–H and O–H groups in total. The van der Waals surface area contributed by atoms with Crippen LogP contribution < -0.4 is 15.6 Å². The van der Waals surface area contributed by atoms with E-state index < -0.39 is 50.5 Å². The van der Waals surface area contributed by atoms with E-state index >= 15 is 0 Å². The molecular weight excluding hydrogens is 892 g/mol. The van der Waals surface area contributed by atoms with Crippen molar-refractivity contribution in [3.63, 3.8) is 0 Å². The Kier molecular flexibility index (Phi) is 15.1. The van der Waals surface area contributed by atoms with Gasteiger partial charge in [-0.15, -0.1) is 4.67 Å². The number of phosphoric ester groups is 1. The Hall–Kier alpha value is -6.61. The summed E-state index contributed by atoms with van der Waals surface area (Å²) in [5.74, 6) is 0.433. The van der Waals surface area contributed by atoms with Crippen molar-refractivity contribution in [3.05, 3.63) is 102 Å². The third-order valence-electron chi connectivity index (χ3n) is 12.0. The summed E-state index contributed by atoms with van der Waals surface area (Å²) in [6.07, 6.45) is 3.72. The molecule has 0 spiro atoms. The van der Waals surface area contributed by atoms with Crippen LogP contribution in [-0.4, -0.2) is 116 Å². The molecule has 21 nitrogen and oxygen atoms in total. The molecule has 2 fully saturated rings. The van der Waals surface area contributed by atoms with Gasteiger partial charge in [0.25, 0.3) is 5.91 Å². The van der Waals surface area contributed by atoms with E-state index in [2.05, 4.69) is 34.8 Å². The molecule has 0 bridgehead atoms. The van der Waals surface area contributed by atoms with Crippen LogP contribution in [0.15, 0.2) is 85.2 Å². The van der Waals surface area contributed by atoms with E-state index in [0.717, 1.165) is 40.1 Å². The highest BCUT2D eigenvalue weighted by Gasteiger charge is 2.49. The lowest BCUT2D eigenvalue weighted by Crippen LogP contribution is -2.56. The van der Waals surface area contributed by atoms with Crippen molar-refractivity contribution in [2.75, 3.05) is 34.1 Å². The number of amides is 4. The molecule has 2 aromatic heterocycles. The normalized spacial score (nSPS) is 18.7. The second kappa shape index (κ2) is 20.9. The van der Waals surface area contributed by atoms with Crippen molar-refractivity contribution in [3.8, 4) is 39.4 Å². The number of nitrogens with two attached hydrogens (primary N) is 1. The number of imidazole rings is 2. The number of carbonyl (C=O) groups is 4. The zero-order valence-electron chi connectivity index (χ0n) is 37.2. The van der Waals surface area contributed by atoms with Crippen LogP contribution >= 0.6 is 7.82 Å². The first-order valence-corrected chi connectivity index (χ1v) is 22.9. The standard InChI is InChI=1S/C45H53N8O13P/c1-27(61-3)45(2,64-43(46)57)42(56)53-22-6-8-38(53)40-48-25-36(50-40)32-17-13-30(14-18-32)29-11-15-31(16-12-29)35-24-47-39(49-35)37-7-5-21-52(37)41(55)34(51-44(58)62-4)23-28-9-19-33(20-10-28)65-67(59,60)66-63-26-54/h9-20,24-25,27,34,37-38,54H,5-8,21-23,26H2,1-4H3,(H2,46,57)(H,47,49)(H,48,50)(H,51,58)(H,59,60)/t27-,34+,37+,38+,45+/m1/s1. The van der Waals surface area contributed by atoms with Crippen molar-refractivity contribution in [1.82, 2.24) is 35.1 Å². The number of aliphatic hydroxyl groups is 1. The van der Waals surface area contributed by atoms with Crippen molar-refractivity contribution < 1.29 is 62.0 Å². The molecule has 2 saturated heterocycles. The third kappa shape index (κ3) is 11.2. The van der Waals surface area contributed by atoms with E-state index in [1.54, 1.807) is 41.2 Å². The number of aromatic nitrogens is 4. The highest BCUT2D eigenvalue weighted by molar-refractivity contribution is 7.47. The second-order valence-electron chi connectivity index (χ2n) is 16.2. The molecule has 1 unspecified atom stereocenters. The number of methoxy groups -OCH3 is 2. The first-order chi connectivity index (χ1) is 32.1. The molecule has 4 heterocycles. The van der Waals surface area contributed by atoms with E-state index in [1.165, 1.54) is 33.3 Å². The summed E-state index contributed by atoms with van der Waals surface area (Å²) in [7, 11) is -2.03. The lowest BCUT2D eigenvalue weighted by molar-refractivity contribution is -0.264. The van der Waals surface area contributed by atoms with Gasteiger partial charge in [-0.05, 0) is 79.5 Å². The Balaban J connectivity index is 0.991. The fourth-order valence-electron chi connectivity index (χ4n) is 8.38. The van der Waals surface area contributed by atoms with E-state index in [0.29, 0.717) is 49.6 Å². The average Bonchev–Trinajstić information content (AvgIpc) is 4.18. The third-order valence-corrected chi connectivity index (χ3v) is 12.8. The number of primary amides is 1. The van der Waals surface area contributed by atoms with Crippen LogP contribution in [0.3, 0.4) is 0 Å². The van der Waals surface area contributed by atoms with Gasteiger partial charge in [0.2, 0.25) is 11.5 Å². The predicted molar refractivity (Wildman–Crippen MR) is 239 cm³/mol. The molecule has 22 heteroatoms. The lowest BCUT2D eigenvalue weighted by Gasteiger charge is -2.37. The molecule has 2 aliphatic rings. The molecule has 67 heavy (non-hydrogen) atoms. The summed E-state index contributed by atoms with van der Waals surface area (Å²) in [6.45, 7) is 3.10. The number of hydrogen-bond acceptors (Lipinski definition) is 14. The Morgan fingerprint density at radius 3 is 1.88 bits per heavy atom. The van der Waals surface area contributed by atoms with E-state index in [-0.39, 0.29) is 30.2 Å². The Labute approximate surface area is 385 Å². The number of H-pyrrole nitrogens is 2. The minimum Gasteiger partial charge on any atom is -0.453 e. The highest BCUT2D eigenvalue weighted by Crippen LogP contribution is 2.44. The number of nitrogens with one attached hydrogen (secondary N) is 3. The SMILES string of the molecule is COC(=O)N[C@@H](Cc1ccc(OP(=O)(O)OOCO)cc1)C(=O)N1CCC[C@H]1c1ncc(-c2ccc(-c3ccc(-c4cnc([C@@H]5CCCN5C(=O)[C@@](C)(OC(N)=O)[C@@H](C)OC)[nH]4)cc3)cc2)[nH]1. The number of carbonyl (C=O) groups excluding carboxylic acids is 4. The van der Waals surface area contributed by atoms with Gasteiger partial charge in [-0.2, -0.15) is 4.89 Å². The number of alkyl carbamates (subject to hydrolysis) is 1. The Bertz CT molecular complexity index is 2570. The molecule has 356 valence electrons. The molecule has 0 radical (unpaired) electrons. The number of rotatable bonds is 18. The van der Waals surface area contributed by atoms with Gasteiger partial charge >= 0.3 is 20.0 Å². The molecule has 5 aromatic rings. The van der Waals surface area contributed by atoms with Crippen LogP contribution in [0, 0.1) is 0 Å². The maximum Gasteiger partial charge on any atom is 0.555 e. The molecule has 3 aromatic carbocycles. The predicted octanol–water partition coefficient (Wildman–Crippen LogP) is 5.69. The van der Waals surface area contributed by atoms with Crippen molar-refractivity contribution in [2.45, 2.75) is 75.8 Å². The topological polar surface area (TPSA) is 283 Å². The number of aromatic amines is 2. The highest BCUT2D eigenvalue weighted by atomic mass is 31.2. The number of hydrogen-bond donors (Lipinski definition) is 6. The molecule has 0 saturated carbocycles. The number of benzene rings is 3. The Morgan fingerprint density at radius 1 is 0.851 bits per heavy atom. The number of likely N-dealkylation sites (tertiary alicyclic amines) is 2. The van der Waals surface area contributed by atoms with Crippen molar-refractivity contribution in [1.29, 1.82) is 0 Å². The summed E-state index contributed by atoms with van der Waals surface area (Å²) in [5.41, 5.74) is 9.64. The van der Waals surface area contributed by atoms with E-state index in [9.17, 15) is 28.6 Å². The zero-order valence-corrected chi connectivity index (χ0v) is 38.1. The van der Waals surface area contributed by atoms with Gasteiger partial charge in [-0.25, -0.2) is 24.1 Å². The van der Waals surface area contributed by atoms with Crippen LogP contribution in [0.5, 0.6) is 5.75 Å². The van der Waals surface area contributed by atoms with Crippen LogP contribution in [-0.2, 0) is 44.3 Å². The summed E-state index contributed by atoms with van der Waals surface area (Å²) in [5, 5.41) is 11.3. The van der Waals surface area contributed by atoms with Gasteiger partial charge in [0.15, 0.2) is 6.79 Å². The van der Waals surface area contributed by atoms with Crippen LogP contribution in [0.2, 0.25) is 0 Å². The average molecular weight is 945 g/mol. The van der Waals surface area contributed by atoms with Gasteiger partial charge < -0.3 is 54.7 Å². The molecule has 0 aliphatic carbocycles. The fraction of sp³-hybridized carbons (Fsp3) is 0.378.